The number of alkyl halides is 2. The molecule has 0 spiro atoms. The van der Waals surface area contributed by atoms with Gasteiger partial charge < -0.3 is 15.4 Å². The van der Waals surface area contributed by atoms with Crippen LogP contribution in [0.15, 0.2) is 30.5 Å². The lowest BCUT2D eigenvalue weighted by atomic mass is 9.77. The summed E-state index contributed by atoms with van der Waals surface area (Å²) in [5.74, 6) is -4.23. The molecule has 2 aromatic rings. The van der Waals surface area contributed by atoms with Crippen molar-refractivity contribution < 1.29 is 17.9 Å². The molecule has 1 aromatic carbocycles. The second-order valence-corrected chi connectivity index (χ2v) is 9.60. The molecule has 2 heterocycles. The number of pyridine rings is 1. The molecular weight excluding hydrogens is 447 g/mol. The topological polar surface area (TPSA) is 46.2 Å². The van der Waals surface area contributed by atoms with E-state index in [2.05, 4.69) is 15.6 Å². The van der Waals surface area contributed by atoms with Gasteiger partial charge in [-0.15, -0.1) is 0 Å². The number of hydrogen-bond donors (Lipinski definition) is 2. The summed E-state index contributed by atoms with van der Waals surface area (Å²) >= 11 is 11.2. The van der Waals surface area contributed by atoms with Crippen molar-refractivity contribution in [3.8, 4) is 0 Å². The van der Waals surface area contributed by atoms with E-state index in [-0.39, 0.29) is 23.2 Å². The van der Waals surface area contributed by atoms with Crippen molar-refractivity contribution in [2.24, 2.45) is 0 Å². The molecule has 2 atom stereocenters. The fraction of sp³-hybridized carbons (Fsp3) is 0.455. The lowest BCUT2D eigenvalue weighted by molar-refractivity contribution is -0.216. The highest BCUT2D eigenvalue weighted by Gasteiger charge is 2.64. The first-order valence-electron chi connectivity index (χ1n) is 9.98. The van der Waals surface area contributed by atoms with Crippen LogP contribution in [0.3, 0.4) is 0 Å². The summed E-state index contributed by atoms with van der Waals surface area (Å²) in [4.78, 5) is 4.50. The molecule has 0 saturated carbocycles. The van der Waals surface area contributed by atoms with Crippen molar-refractivity contribution >= 4 is 34.5 Å². The highest BCUT2D eigenvalue weighted by atomic mass is 35.5. The van der Waals surface area contributed by atoms with E-state index in [4.69, 9.17) is 28.6 Å². The van der Waals surface area contributed by atoms with Crippen LogP contribution in [0.25, 0.3) is 0 Å². The average molecular weight is 470 g/mol. The molecule has 166 valence electrons. The number of thiocarbonyl (C=S) groups is 1. The summed E-state index contributed by atoms with van der Waals surface area (Å²) in [7, 11) is 0. The summed E-state index contributed by atoms with van der Waals surface area (Å²) in [6, 6.07) is 5.89. The highest BCUT2D eigenvalue weighted by molar-refractivity contribution is 7.80. The number of aromatic nitrogens is 1. The zero-order valence-corrected chi connectivity index (χ0v) is 18.9. The van der Waals surface area contributed by atoms with Gasteiger partial charge in [0, 0.05) is 17.4 Å². The second-order valence-electron chi connectivity index (χ2n) is 8.67. The van der Waals surface area contributed by atoms with Gasteiger partial charge >= 0.3 is 5.92 Å². The Morgan fingerprint density at radius 2 is 2.00 bits per heavy atom. The van der Waals surface area contributed by atoms with Gasteiger partial charge in [0.2, 0.25) is 0 Å². The van der Waals surface area contributed by atoms with E-state index in [9.17, 15) is 4.39 Å². The largest absolute Gasteiger partial charge is 0.377 e. The molecule has 1 aliphatic carbocycles. The number of benzene rings is 1. The molecule has 1 aromatic heterocycles. The average Bonchev–Trinajstić information content (AvgIpc) is 3.06. The monoisotopic (exact) mass is 469 g/mol. The lowest BCUT2D eigenvalue weighted by Crippen LogP contribution is -2.62. The van der Waals surface area contributed by atoms with Crippen LogP contribution in [0.5, 0.6) is 0 Å². The summed E-state index contributed by atoms with van der Waals surface area (Å²) in [5.41, 5.74) is -1.75. The fourth-order valence-electron chi connectivity index (χ4n) is 4.35. The summed E-state index contributed by atoms with van der Waals surface area (Å²) < 4.78 is 51.6. The van der Waals surface area contributed by atoms with E-state index in [1.807, 2.05) is 6.07 Å². The number of aryl methyl sites for hydroxylation is 1. The molecule has 4 rings (SSSR count). The van der Waals surface area contributed by atoms with Crippen LogP contribution in [-0.2, 0) is 16.7 Å². The minimum atomic E-state index is -3.47. The number of nitrogens with zero attached hydrogens (tertiary/aromatic N) is 1. The minimum absolute atomic E-state index is 0.0938. The maximum Gasteiger partial charge on any atom is 0.302 e. The first kappa shape index (κ1) is 22.3. The number of ether oxygens (including phenoxy) is 1. The Balaban J connectivity index is 1.72. The Kier molecular flexibility index (Phi) is 5.47. The van der Waals surface area contributed by atoms with Crippen molar-refractivity contribution in [2.45, 2.75) is 56.7 Å². The highest BCUT2D eigenvalue weighted by Crippen LogP contribution is 2.48. The standard InChI is InChI=1S/C22H23ClF3N3OS/c1-20(2)22(25,26)21(3,29-18(31)11-30-20)15-9-14(5-6-16(15)24)28-17-7-4-12-8-13(23)10-27-19(12)17/h5-6,8-10,17,28H,4,7,11H2,1-3H3,(H,29,31). The molecule has 1 aliphatic heterocycles. The van der Waals surface area contributed by atoms with E-state index in [0.717, 1.165) is 24.1 Å². The summed E-state index contributed by atoms with van der Waals surface area (Å²) in [6.07, 6.45) is 3.15. The number of anilines is 1. The van der Waals surface area contributed by atoms with E-state index in [1.165, 1.54) is 39.0 Å². The number of nitrogens with one attached hydrogen (secondary N) is 2. The molecule has 2 aliphatic rings. The Hall–Kier alpha value is -1.90. The quantitative estimate of drug-likeness (QED) is 0.577. The third-order valence-electron chi connectivity index (χ3n) is 6.18. The zero-order valence-electron chi connectivity index (χ0n) is 17.4. The maximum absolute atomic E-state index is 15.6. The molecule has 1 saturated heterocycles. The molecule has 2 N–H and O–H groups in total. The first-order valence-corrected chi connectivity index (χ1v) is 10.8. The van der Waals surface area contributed by atoms with Crippen molar-refractivity contribution in [3.63, 3.8) is 0 Å². The van der Waals surface area contributed by atoms with Crippen LogP contribution in [0.4, 0.5) is 18.9 Å². The molecule has 31 heavy (non-hydrogen) atoms. The number of hydrogen-bond acceptors (Lipinski definition) is 4. The molecule has 9 heteroatoms. The van der Waals surface area contributed by atoms with Crippen LogP contribution in [-0.4, -0.2) is 28.1 Å². The van der Waals surface area contributed by atoms with E-state index < -0.39 is 22.9 Å². The van der Waals surface area contributed by atoms with Crippen molar-refractivity contribution in [2.75, 3.05) is 11.9 Å². The van der Waals surface area contributed by atoms with E-state index >= 15 is 8.78 Å². The van der Waals surface area contributed by atoms with Crippen LogP contribution in [0, 0.1) is 5.82 Å². The van der Waals surface area contributed by atoms with Gasteiger partial charge in [0.25, 0.3) is 0 Å². The normalized spacial score (nSPS) is 26.7. The predicted molar refractivity (Wildman–Crippen MR) is 118 cm³/mol. The Labute approximate surface area is 189 Å². The molecule has 0 amide bonds. The first-order chi connectivity index (χ1) is 14.4. The SMILES string of the molecule is CC1(C)OCC(=S)NC(C)(c2cc(NC3CCc4cc(Cl)cnc43)ccc2F)C1(F)F. The molecule has 1 fully saturated rings. The van der Waals surface area contributed by atoms with E-state index in [0.29, 0.717) is 10.7 Å². The van der Waals surface area contributed by atoms with Gasteiger partial charge in [-0.05, 0) is 63.4 Å². The zero-order chi connectivity index (χ0) is 22.6. The van der Waals surface area contributed by atoms with Crippen LogP contribution >= 0.6 is 23.8 Å². The van der Waals surface area contributed by atoms with Gasteiger partial charge in [0.05, 0.1) is 23.4 Å². The maximum atomic E-state index is 15.6. The van der Waals surface area contributed by atoms with Crippen LogP contribution < -0.4 is 10.6 Å². The van der Waals surface area contributed by atoms with Gasteiger partial charge in [0.1, 0.15) is 21.9 Å². The third-order valence-corrected chi connectivity index (χ3v) is 6.61. The molecule has 0 bridgehead atoms. The predicted octanol–water partition coefficient (Wildman–Crippen LogP) is 5.55. The number of rotatable bonds is 3. The second kappa shape index (κ2) is 7.60. The van der Waals surface area contributed by atoms with Gasteiger partial charge in [0.15, 0.2) is 0 Å². The van der Waals surface area contributed by atoms with E-state index in [1.54, 1.807) is 6.20 Å². The fourth-order valence-corrected chi connectivity index (χ4v) is 4.79. The lowest BCUT2D eigenvalue weighted by Gasteiger charge is -2.44. The number of fused-ring (bicyclic) bond motifs is 1. The third kappa shape index (κ3) is 3.68. The molecule has 0 radical (unpaired) electrons. The number of halogens is 4. The minimum Gasteiger partial charge on any atom is -0.377 e. The van der Waals surface area contributed by atoms with Gasteiger partial charge in [-0.3, -0.25) is 4.98 Å². The van der Waals surface area contributed by atoms with Crippen molar-refractivity contribution in [1.29, 1.82) is 0 Å². The van der Waals surface area contributed by atoms with Crippen LogP contribution in [0.2, 0.25) is 5.02 Å². The molecule has 2 unspecified atom stereocenters. The van der Waals surface area contributed by atoms with Crippen LogP contribution in [0.1, 0.15) is 50.1 Å². The van der Waals surface area contributed by atoms with Crippen molar-refractivity contribution in [1.82, 2.24) is 10.3 Å². The molecular formula is C22H23ClF3N3OS. The summed E-state index contributed by atoms with van der Waals surface area (Å²) in [5, 5.41) is 6.54. The smallest absolute Gasteiger partial charge is 0.302 e. The van der Waals surface area contributed by atoms with Crippen molar-refractivity contribution in [3.05, 3.63) is 58.1 Å². The molecule has 4 nitrogen and oxygen atoms in total. The van der Waals surface area contributed by atoms with Gasteiger partial charge in [-0.1, -0.05) is 23.8 Å². The van der Waals surface area contributed by atoms with Gasteiger partial charge in [-0.2, -0.15) is 0 Å². The van der Waals surface area contributed by atoms with Gasteiger partial charge in [-0.25, -0.2) is 13.2 Å². The Bertz CT molecular complexity index is 1050. The summed E-state index contributed by atoms with van der Waals surface area (Å²) in [6.45, 7) is 3.66. The Morgan fingerprint density at radius 3 is 2.74 bits per heavy atom. The Morgan fingerprint density at radius 1 is 1.26 bits per heavy atom.